The van der Waals surface area contributed by atoms with Gasteiger partial charge in [-0.05, 0) is 23.9 Å². The van der Waals surface area contributed by atoms with E-state index in [1.807, 2.05) is 0 Å². The van der Waals surface area contributed by atoms with E-state index >= 15 is 0 Å². The predicted octanol–water partition coefficient (Wildman–Crippen LogP) is 3.85. The minimum atomic E-state index is -4.76. The van der Waals surface area contributed by atoms with Gasteiger partial charge >= 0.3 is 6.18 Å². The molecule has 2 aromatic rings. The van der Waals surface area contributed by atoms with Gasteiger partial charge in [0.1, 0.15) is 0 Å². The Balaban J connectivity index is 2.60. The number of benzene rings is 1. The standard InChI is InChI=1S/C13H11F3OS/c1-9-4-6-10(7-5-9)12(17,13(14,15)16)11-3-2-8-18-11/h2-8,17H,1H3. The van der Waals surface area contributed by atoms with Gasteiger partial charge in [0.15, 0.2) is 0 Å². The van der Waals surface area contributed by atoms with E-state index in [9.17, 15) is 18.3 Å². The van der Waals surface area contributed by atoms with Crippen molar-refractivity contribution in [3.8, 4) is 0 Å². The zero-order chi connectivity index (χ0) is 13.4. The van der Waals surface area contributed by atoms with Crippen LogP contribution in [0.3, 0.4) is 0 Å². The van der Waals surface area contributed by atoms with Crippen LogP contribution in [0.25, 0.3) is 0 Å². The van der Waals surface area contributed by atoms with E-state index in [1.165, 1.54) is 29.6 Å². The van der Waals surface area contributed by atoms with Crippen LogP contribution >= 0.6 is 11.3 Å². The molecule has 1 nitrogen and oxygen atoms in total. The fourth-order valence-electron chi connectivity index (χ4n) is 1.72. The van der Waals surface area contributed by atoms with Crippen molar-refractivity contribution in [3.63, 3.8) is 0 Å². The van der Waals surface area contributed by atoms with Crippen molar-refractivity contribution >= 4 is 11.3 Å². The SMILES string of the molecule is Cc1ccc(C(O)(c2cccs2)C(F)(F)F)cc1. The van der Waals surface area contributed by atoms with Gasteiger partial charge in [-0.25, -0.2) is 0 Å². The molecule has 0 aliphatic carbocycles. The Morgan fingerprint density at radius 1 is 1.06 bits per heavy atom. The lowest BCUT2D eigenvalue weighted by molar-refractivity contribution is -0.247. The quantitative estimate of drug-likeness (QED) is 0.880. The number of hydrogen-bond donors (Lipinski definition) is 1. The average Bonchev–Trinajstić information content (AvgIpc) is 2.81. The summed E-state index contributed by atoms with van der Waals surface area (Å²) in [5.41, 5.74) is -2.26. The average molecular weight is 272 g/mol. The molecule has 0 radical (unpaired) electrons. The number of hydrogen-bond acceptors (Lipinski definition) is 2. The van der Waals surface area contributed by atoms with Crippen molar-refractivity contribution in [2.75, 3.05) is 0 Å². The molecular weight excluding hydrogens is 261 g/mol. The summed E-state index contributed by atoms with van der Waals surface area (Å²) in [5.74, 6) is 0. The highest BCUT2D eigenvalue weighted by Crippen LogP contribution is 2.45. The summed E-state index contributed by atoms with van der Waals surface area (Å²) >= 11 is 0.886. The van der Waals surface area contributed by atoms with Gasteiger partial charge in [0.25, 0.3) is 0 Å². The Morgan fingerprint density at radius 2 is 1.67 bits per heavy atom. The maximum Gasteiger partial charge on any atom is 0.426 e. The second-order valence-electron chi connectivity index (χ2n) is 4.05. The van der Waals surface area contributed by atoms with E-state index < -0.39 is 11.8 Å². The van der Waals surface area contributed by atoms with E-state index in [4.69, 9.17) is 0 Å². The molecule has 0 amide bonds. The largest absolute Gasteiger partial charge is 0.426 e. The van der Waals surface area contributed by atoms with Gasteiger partial charge in [0, 0.05) is 4.88 Å². The monoisotopic (exact) mass is 272 g/mol. The summed E-state index contributed by atoms with van der Waals surface area (Å²) in [6, 6.07) is 8.51. The lowest BCUT2D eigenvalue weighted by Crippen LogP contribution is -2.42. The number of aliphatic hydroxyl groups is 1. The topological polar surface area (TPSA) is 20.2 Å². The van der Waals surface area contributed by atoms with Crippen molar-refractivity contribution in [3.05, 3.63) is 57.8 Å². The molecule has 1 heterocycles. The molecule has 18 heavy (non-hydrogen) atoms. The van der Waals surface area contributed by atoms with Gasteiger partial charge in [-0.3, -0.25) is 0 Å². The Morgan fingerprint density at radius 3 is 2.11 bits per heavy atom. The summed E-state index contributed by atoms with van der Waals surface area (Å²) in [5, 5.41) is 11.7. The van der Waals surface area contributed by atoms with Crippen LogP contribution in [0.1, 0.15) is 16.0 Å². The molecule has 0 bridgehead atoms. The third kappa shape index (κ3) is 2.04. The number of aryl methyl sites for hydroxylation is 1. The van der Waals surface area contributed by atoms with Crippen molar-refractivity contribution in [1.29, 1.82) is 0 Å². The van der Waals surface area contributed by atoms with Crippen LogP contribution in [-0.4, -0.2) is 11.3 Å². The smallest absolute Gasteiger partial charge is 0.372 e. The number of rotatable bonds is 2. The Hall–Kier alpha value is -1.33. The van der Waals surface area contributed by atoms with Crippen LogP contribution in [-0.2, 0) is 5.60 Å². The van der Waals surface area contributed by atoms with Gasteiger partial charge in [-0.15, -0.1) is 11.3 Å². The summed E-state index contributed by atoms with van der Waals surface area (Å²) in [4.78, 5) is -0.126. The first-order valence-electron chi connectivity index (χ1n) is 5.26. The maximum atomic E-state index is 13.2. The lowest BCUT2D eigenvalue weighted by Gasteiger charge is -2.30. The summed E-state index contributed by atoms with van der Waals surface area (Å²) in [6.07, 6.45) is -4.76. The minimum Gasteiger partial charge on any atom is -0.372 e. The molecule has 1 aromatic carbocycles. The van der Waals surface area contributed by atoms with Crippen LogP contribution in [0.15, 0.2) is 41.8 Å². The third-order valence-electron chi connectivity index (χ3n) is 2.76. The van der Waals surface area contributed by atoms with Crippen LogP contribution < -0.4 is 0 Å². The van der Waals surface area contributed by atoms with Crippen LogP contribution in [0.5, 0.6) is 0 Å². The molecular formula is C13H11F3OS. The number of thiophene rings is 1. The fraction of sp³-hybridized carbons (Fsp3) is 0.231. The van der Waals surface area contributed by atoms with E-state index in [0.29, 0.717) is 0 Å². The predicted molar refractivity (Wildman–Crippen MR) is 64.6 cm³/mol. The second kappa shape index (κ2) is 4.40. The van der Waals surface area contributed by atoms with Gasteiger partial charge < -0.3 is 5.11 Å². The molecule has 1 aromatic heterocycles. The van der Waals surface area contributed by atoms with Gasteiger partial charge in [-0.2, -0.15) is 13.2 Å². The maximum absolute atomic E-state index is 13.2. The number of alkyl halides is 3. The molecule has 96 valence electrons. The van der Waals surface area contributed by atoms with Gasteiger partial charge in [0.05, 0.1) is 0 Å². The van der Waals surface area contributed by atoms with Crippen LogP contribution in [0, 0.1) is 6.92 Å². The molecule has 0 fully saturated rings. The Bertz CT molecular complexity index is 516. The van der Waals surface area contributed by atoms with Crippen molar-refractivity contribution in [2.45, 2.75) is 18.7 Å². The molecule has 0 aliphatic rings. The van der Waals surface area contributed by atoms with E-state index in [2.05, 4.69) is 0 Å². The van der Waals surface area contributed by atoms with E-state index in [0.717, 1.165) is 16.9 Å². The zero-order valence-electron chi connectivity index (χ0n) is 9.53. The summed E-state index contributed by atoms with van der Waals surface area (Å²) in [7, 11) is 0. The Kier molecular flexibility index (Phi) is 3.21. The molecule has 0 spiro atoms. The van der Waals surface area contributed by atoms with Gasteiger partial charge in [0.2, 0.25) is 5.60 Å². The van der Waals surface area contributed by atoms with Crippen molar-refractivity contribution < 1.29 is 18.3 Å². The fourth-order valence-corrected chi connectivity index (χ4v) is 2.59. The zero-order valence-corrected chi connectivity index (χ0v) is 10.3. The first-order valence-corrected chi connectivity index (χ1v) is 6.14. The van der Waals surface area contributed by atoms with Gasteiger partial charge in [-0.1, -0.05) is 35.9 Å². The molecule has 1 N–H and O–H groups in total. The van der Waals surface area contributed by atoms with Crippen LogP contribution in [0.4, 0.5) is 13.2 Å². The molecule has 1 atom stereocenters. The second-order valence-corrected chi connectivity index (χ2v) is 5.00. The molecule has 0 saturated carbocycles. The summed E-state index contributed by atoms with van der Waals surface area (Å²) in [6.45, 7) is 1.78. The third-order valence-corrected chi connectivity index (χ3v) is 3.74. The summed E-state index contributed by atoms with van der Waals surface area (Å²) < 4.78 is 39.6. The molecule has 0 saturated heterocycles. The van der Waals surface area contributed by atoms with E-state index in [1.54, 1.807) is 19.1 Å². The van der Waals surface area contributed by atoms with Crippen molar-refractivity contribution in [1.82, 2.24) is 0 Å². The molecule has 5 heteroatoms. The molecule has 0 aliphatic heterocycles. The first kappa shape index (κ1) is 13.1. The van der Waals surface area contributed by atoms with Crippen molar-refractivity contribution in [2.24, 2.45) is 0 Å². The highest BCUT2D eigenvalue weighted by molar-refractivity contribution is 7.10. The Labute approximate surface area is 107 Å². The van der Waals surface area contributed by atoms with E-state index in [-0.39, 0.29) is 10.4 Å². The molecule has 2 rings (SSSR count). The lowest BCUT2D eigenvalue weighted by atomic mass is 9.91. The highest BCUT2D eigenvalue weighted by atomic mass is 32.1. The number of halogens is 3. The molecule has 1 unspecified atom stereocenters. The first-order chi connectivity index (χ1) is 8.35. The highest BCUT2D eigenvalue weighted by Gasteiger charge is 2.56. The normalized spacial score (nSPS) is 15.4. The van der Waals surface area contributed by atoms with Crippen LogP contribution in [0.2, 0.25) is 0 Å². The minimum absolute atomic E-state index is 0.126.